The number of thiophene rings is 1. The van der Waals surface area contributed by atoms with Gasteiger partial charge in [0.1, 0.15) is 22.7 Å². The van der Waals surface area contributed by atoms with Crippen LogP contribution in [0.2, 0.25) is 0 Å². The third-order valence-corrected chi connectivity index (χ3v) is 5.63. The zero-order chi connectivity index (χ0) is 17.4. The van der Waals surface area contributed by atoms with E-state index in [0.29, 0.717) is 17.0 Å². The summed E-state index contributed by atoms with van der Waals surface area (Å²) >= 11 is 1.74. The number of hydrogen-bond donors (Lipinski definition) is 2. The average Bonchev–Trinajstić information content (AvgIpc) is 3.20. The van der Waals surface area contributed by atoms with Crippen LogP contribution in [-0.4, -0.2) is 27.9 Å². The number of phenols is 1. The van der Waals surface area contributed by atoms with E-state index >= 15 is 0 Å². The van der Waals surface area contributed by atoms with Crippen LogP contribution in [0.3, 0.4) is 0 Å². The summed E-state index contributed by atoms with van der Waals surface area (Å²) in [6.07, 6.45) is 4.94. The maximum atomic E-state index is 10.1. The second kappa shape index (κ2) is 6.33. The molecule has 25 heavy (non-hydrogen) atoms. The van der Waals surface area contributed by atoms with E-state index in [-0.39, 0.29) is 5.75 Å². The Morgan fingerprint density at radius 2 is 2.20 bits per heavy atom. The van der Waals surface area contributed by atoms with Crippen molar-refractivity contribution in [3.8, 4) is 11.5 Å². The minimum atomic E-state index is 0.131. The number of benzene rings is 1. The fraction of sp³-hybridized carbons (Fsp3) is 0.278. The molecule has 0 unspecified atom stereocenters. The van der Waals surface area contributed by atoms with E-state index in [1.54, 1.807) is 43.0 Å². The number of methoxy groups -OCH3 is 1. The lowest BCUT2D eigenvalue weighted by atomic mass is 10.1. The Kier molecular flexibility index (Phi) is 4.01. The first-order chi connectivity index (χ1) is 12.2. The van der Waals surface area contributed by atoms with Crippen LogP contribution in [0, 0.1) is 0 Å². The van der Waals surface area contributed by atoms with Crippen molar-refractivity contribution < 1.29 is 9.84 Å². The van der Waals surface area contributed by atoms with Crippen LogP contribution in [0.15, 0.2) is 29.6 Å². The normalized spacial score (nSPS) is 13.9. The van der Waals surface area contributed by atoms with Crippen LogP contribution >= 0.6 is 11.3 Å². The molecule has 1 aromatic carbocycles. The lowest BCUT2D eigenvalue weighted by molar-refractivity contribution is 0.407. The van der Waals surface area contributed by atoms with Crippen molar-refractivity contribution in [2.45, 2.75) is 26.2 Å². The lowest BCUT2D eigenvalue weighted by Crippen LogP contribution is -2.02. The topological polar surface area (TPSA) is 79.6 Å². The summed E-state index contributed by atoms with van der Waals surface area (Å²) in [6, 6.07) is 5.15. The predicted octanol–water partition coefficient (Wildman–Crippen LogP) is 3.73. The van der Waals surface area contributed by atoms with Gasteiger partial charge in [0.25, 0.3) is 0 Å². The monoisotopic (exact) mass is 354 g/mol. The molecule has 2 N–H and O–H groups in total. The van der Waals surface area contributed by atoms with Gasteiger partial charge >= 0.3 is 0 Å². The van der Waals surface area contributed by atoms with Crippen molar-refractivity contribution >= 4 is 33.1 Å². The molecular formula is C18H18N4O2S. The van der Waals surface area contributed by atoms with E-state index in [0.717, 1.165) is 28.9 Å². The Labute approximate surface area is 149 Å². The van der Waals surface area contributed by atoms with Crippen LogP contribution < -0.4 is 10.2 Å². The minimum Gasteiger partial charge on any atom is -0.507 e. The first-order valence-electron chi connectivity index (χ1n) is 8.10. The van der Waals surface area contributed by atoms with E-state index in [4.69, 9.17) is 4.74 Å². The Bertz CT molecular complexity index is 981. The number of aromatic nitrogens is 2. The second-order valence-electron chi connectivity index (χ2n) is 5.95. The molecule has 0 spiro atoms. The van der Waals surface area contributed by atoms with E-state index < -0.39 is 0 Å². The maximum absolute atomic E-state index is 10.1. The van der Waals surface area contributed by atoms with Crippen LogP contribution in [0.4, 0.5) is 5.82 Å². The van der Waals surface area contributed by atoms with Gasteiger partial charge in [-0.3, -0.25) is 5.43 Å². The highest BCUT2D eigenvalue weighted by Gasteiger charge is 2.21. The molecule has 7 heteroatoms. The molecule has 0 bridgehead atoms. The maximum Gasteiger partial charge on any atom is 0.158 e. The highest BCUT2D eigenvalue weighted by molar-refractivity contribution is 7.19. The number of nitrogens with one attached hydrogen (secondary N) is 1. The third-order valence-electron chi connectivity index (χ3n) is 4.43. The average molecular weight is 354 g/mol. The largest absolute Gasteiger partial charge is 0.507 e. The molecule has 1 aliphatic rings. The molecule has 4 rings (SSSR count). The molecule has 2 heterocycles. The first-order valence-corrected chi connectivity index (χ1v) is 8.92. The standard InChI is InChI=1S/C18H18N4O2S/c1-10(12-7-6-11(24-2)8-14(12)23)21-22-17-16-13-4-3-5-15(13)25-18(16)20-9-19-17/h6-9,23H,3-5H2,1-2H3,(H,19,20,22). The molecule has 0 aliphatic heterocycles. The van der Waals surface area contributed by atoms with Gasteiger partial charge in [0.15, 0.2) is 5.82 Å². The molecule has 128 valence electrons. The molecule has 0 saturated heterocycles. The number of hydrogen-bond acceptors (Lipinski definition) is 7. The number of fused-ring (bicyclic) bond motifs is 3. The van der Waals surface area contributed by atoms with Crippen molar-refractivity contribution in [3.05, 3.63) is 40.5 Å². The van der Waals surface area contributed by atoms with E-state index in [9.17, 15) is 5.11 Å². The summed E-state index contributed by atoms with van der Waals surface area (Å²) in [5.41, 5.74) is 5.72. The van der Waals surface area contributed by atoms with E-state index in [1.807, 2.05) is 6.92 Å². The highest BCUT2D eigenvalue weighted by atomic mass is 32.1. The summed E-state index contributed by atoms with van der Waals surface area (Å²) in [5.74, 6) is 1.46. The van der Waals surface area contributed by atoms with E-state index in [2.05, 4.69) is 20.5 Å². The molecule has 0 radical (unpaired) electrons. The minimum absolute atomic E-state index is 0.131. The number of phenolic OH excluding ortho intramolecular Hbond substituents is 1. The van der Waals surface area contributed by atoms with Crippen LogP contribution in [0.25, 0.3) is 10.2 Å². The molecule has 0 fully saturated rings. The third kappa shape index (κ3) is 2.80. The molecule has 6 nitrogen and oxygen atoms in total. The summed E-state index contributed by atoms with van der Waals surface area (Å²) in [4.78, 5) is 11.2. The van der Waals surface area contributed by atoms with Crippen LogP contribution in [-0.2, 0) is 12.8 Å². The van der Waals surface area contributed by atoms with Crippen LogP contribution in [0.5, 0.6) is 11.5 Å². The number of ether oxygens (including phenoxy) is 1. The summed E-state index contributed by atoms with van der Waals surface area (Å²) < 4.78 is 5.11. The van der Waals surface area contributed by atoms with Gasteiger partial charge in [-0.1, -0.05) is 0 Å². The molecule has 3 aromatic rings. The molecule has 0 atom stereocenters. The molecular weight excluding hydrogens is 336 g/mol. The van der Waals surface area contributed by atoms with Crippen molar-refractivity contribution in [2.24, 2.45) is 5.10 Å². The first kappa shape index (κ1) is 15.8. The van der Waals surface area contributed by atoms with Crippen molar-refractivity contribution in [3.63, 3.8) is 0 Å². The smallest absolute Gasteiger partial charge is 0.158 e. The zero-order valence-corrected chi connectivity index (χ0v) is 14.9. The number of anilines is 1. The van der Waals surface area contributed by atoms with E-state index in [1.165, 1.54) is 16.9 Å². The summed E-state index contributed by atoms with van der Waals surface area (Å²) in [6.45, 7) is 1.84. The molecule has 1 aliphatic carbocycles. The summed E-state index contributed by atoms with van der Waals surface area (Å²) in [5, 5.41) is 15.6. The molecule has 0 amide bonds. The van der Waals surface area contributed by atoms with Gasteiger partial charge in [-0.05, 0) is 43.9 Å². The Morgan fingerprint density at radius 1 is 1.32 bits per heavy atom. The number of aromatic hydroxyl groups is 1. The predicted molar refractivity (Wildman–Crippen MR) is 99.9 cm³/mol. The van der Waals surface area contributed by atoms with Crippen molar-refractivity contribution in [1.29, 1.82) is 0 Å². The number of aryl methyl sites for hydroxylation is 2. The van der Waals surface area contributed by atoms with Gasteiger partial charge in [-0.2, -0.15) is 5.10 Å². The number of rotatable bonds is 4. The fourth-order valence-electron chi connectivity index (χ4n) is 3.15. The van der Waals surface area contributed by atoms with Gasteiger partial charge in [0, 0.05) is 16.5 Å². The van der Waals surface area contributed by atoms with Gasteiger partial charge < -0.3 is 9.84 Å². The number of hydrazone groups is 1. The van der Waals surface area contributed by atoms with Crippen molar-refractivity contribution in [1.82, 2.24) is 9.97 Å². The van der Waals surface area contributed by atoms with Crippen molar-refractivity contribution in [2.75, 3.05) is 12.5 Å². The fourth-order valence-corrected chi connectivity index (χ4v) is 4.38. The lowest BCUT2D eigenvalue weighted by Gasteiger charge is -2.08. The second-order valence-corrected chi connectivity index (χ2v) is 7.04. The Morgan fingerprint density at radius 3 is 3.00 bits per heavy atom. The summed E-state index contributed by atoms with van der Waals surface area (Å²) in [7, 11) is 1.57. The van der Waals surface area contributed by atoms with Gasteiger partial charge in [-0.15, -0.1) is 11.3 Å². The van der Waals surface area contributed by atoms with Crippen LogP contribution in [0.1, 0.15) is 29.3 Å². The molecule has 2 aromatic heterocycles. The van der Waals surface area contributed by atoms with Gasteiger partial charge in [-0.25, -0.2) is 9.97 Å². The van der Waals surface area contributed by atoms with Gasteiger partial charge in [0.2, 0.25) is 0 Å². The number of nitrogens with zero attached hydrogens (tertiary/aromatic N) is 3. The Hall–Kier alpha value is -2.67. The SMILES string of the molecule is COc1ccc(C(C)=NNc2ncnc3sc4c(c23)CCC4)c(O)c1. The Balaban J connectivity index is 1.67. The van der Waals surface area contributed by atoms with Gasteiger partial charge in [0.05, 0.1) is 18.2 Å². The highest BCUT2D eigenvalue weighted by Crippen LogP contribution is 2.39. The molecule has 0 saturated carbocycles. The zero-order valence-electron chi connectivity index (χ0n) is 14.0. The quantitative estimate of drug-likeness (QED) is 0.551.